The van der Waals surface area contributed by atoms with Crippen LogP contribution in [-0.4, -0.2) is 22.6 Å². The van der Waals surface area contributed by atoms with Gasteiger partial charge in [-0.2, -0.15) is 0 Å². The Morgan fingerprint density at radius 3 is 2.43 bits per heavy atom. The number of nitrogens with one attached hydrogen (secondary N) is 1. The van der Waals surface area contributed by atoms with E-state index in [1.165, 1.54) is 17.0 Å². The summed E-state index contributed by atoms with van der Waals surface area (Å²) < 4.78 is 2.34. The van der Waals surface area contributed by atoms with Crippen molar-refractivity contribution in [2.75, 3.05) is 13.1 Å². The molecule has 1 N–H and O–H groups in total. The van der Waals surface area contributed by atoms with E-state index in [-0.39, 0.29) is 0 Å². The molecule has 106 valence electrons. The van der Waals surface area contributed by atoms with Crippen LogP contribution in [0.5, 0.6) is 0 Å². The van der Waals surface area contributed by atoms with Gasteiger partial charge in [0, 0.05) is 11.6 Å². The van der Waals surface area contributed by atoms with Crippen LogP contribution in [0.15, 0.2) is 54.6 Å². The molecule has 0 radical (unpaired) electrons. The quantitative estimate of drug-likeness (QED) is 0.777. The second-order valence-corrected chi connectivity index (χ2v) is 5.65. The number of imidazole rings is 1. The fraction of sp³-hybridized carbons (Fsp3) is 0.278. The lowest BCUT2D eigenvalue weighted by molar-refractivity contribution is 0.443. The summed E-state index contributed by atoms with van der Waals surface area (Å²) >= 11 is 0. The van der Waals surface area contributed by atoms with Gasteiger partial charge < -0.3 is 5.32 Å². The molecule has 1 aromatic heterocycles. The molecule has 1 aliphatic rings. The highest BCUT2D eigenvalue weighted by Crippen LogP contribution is 2.30. The largest absolute Gasteiger partial charge is 0.317 e. The molecule has 2 aromatic carbocycles. The summed E-state index contributed by atoms with van der Waals surface area (Å²) in [5.74, 6) is 1.75. The van der Waals surface area contributed by atoms with E-state index in [9.17, 15) is 0 Å². The van der Waals surface area contributed by atoms with Crippen LogP contribution >= 0.6 is 0 Å². The van der Waals surface area contributed by atoms with Crippen LogP contribution < -0.4 is 5.32 Å². The van der Waals surface area contributed by atoms with Crippen LogP contribution in [0.1, 0.15) is 24.6 Å². The van der Waals surface area contributed by atoms with Gasteiger partial charge in [-0.05, 0) is 50.2 Å². The molecule has 0 spiro atoms. The minimum absolute atomic E-state index is 0.541. The predicted octanol–water partition coefficient (Wildman–Crippen LogP) is 3.49. The number of aromatic nitrogens is 2. The van der Waals surface area contributed by atoms with Crippen molar-refractivity contribution < 1.29 is 0 Å². The number of benzene rings is 2. The molecule has 1 fully saturated rings. The molecule has 0 aliphatic carbocycles. The third-order valence-electron chi connectivity index (χ3n) is 4.31. The summed E-state index contributed by atoms with van der Waals surface area (Å²) in [5, 5.41) is 3.44. The number of rotatable bonds is 2. The summed E-state index contributed by atoms with van der Waals surface area (Å²) in [7, 11) is 0. The van der Waals surface area contributed by atoms with Gasteiger partial charge in [-0.1, -0.05) is 30.3 Å². The van der Waals surface area contributed by atoms with Gasteiger partial charge in [0.1, 0.15) is 5.82 Å². The summed E-state index contributed by atoms with van der Waals surface area (Å²) in [6.07, 6.45) is 2.33. The smallest absolute Gasteiger partial charge is 0.117 e. The monoisotopic (exact) mass is 277 g/mol. The first-order chi connectivity index (χ1) is 10.4. The van der Waals surface area contributed by atoms with Crippen LogP contribution in [0.3, 0.4) is 0 Å². The molecule has 0 bridgehead atoms. The second kappa shape index (κ2) is 5.34. The molecule has 3 aromatic rings. The number of fused-ring (bicyclic) bond motifs is 1. The standard InChI is InChI=1S/C18H19N3/c1-2-6-15(7-3-1)21-17-9-5-4-8-16(17)20-18(21)14-10-12-19-13-11-14/h1-9,14,19H,10-13H2. The van der Waals surface area contributed by atoms with E-state index in [0.717, 1.165) is 31.4 Å². The molecule has 0 amide bonds. The van der Waals surface area contributed by atoms with Crippen LogP contribution in [0.2, 0.25) is 0 Å². The van der Waals surface area contributed by atoms with Crippen LogP contribution in [-0.2, 0) is 0 Å². The Morgan fingerprint density at radius 1 is 0.905 bits per heavy atom. The second-order valence-electron chi connectivity index (χ2n) is 5.65. The first kappa shape index (κ1) is 12.6. The van der Waals surface area contributed by atoms with E-state index < -0.39 is 0 Å². The molecule has 2 heterocycles. The lowest BCUT2D eigenvalue weighted by Crippen LogP contribution is -2.28. The molecule has 1 aliphatic heterocycles. The fourth-order valence-corrected chi connectivity index (χ4v) is 3.25. The maximum absolute atomic E-state index is 4.95. The van der Waals surface area contributed by atoms with Crippen molar-refractivity contribution in [3.05, 3.63) is 60.4 Å². The fourth-order valence-electron chi connectivity index (χ4n) is 3.25. The maximum atomic E-state index is 4.95. The Labute approximate surface area is 124 Å². The number of hydrogen-bond acceptors (Lipinski definition) is 2. The molecular formula is C18H19N3. The van der Waals surface area contributed by atoms with Crippen LogP contribution in [0.25, 0.3) is 16.7 Å². The maximum Gasteiger partial charge on any atom is 0.117 e. The number of hydrogen-bond donors (Lipinski definition) is 1. The molecule has 0 saturated carbocycles. The van der Waals surface area contributed by atoms with Crippen molar-refractivity contribution in [1.29, 1.82) is 0 Å². The molecular weight excluding hydrogens is 258 g/mol. The summed E-state index contributed by atoms with van der Waals surface area (Å²) in [4.78, 5) is 4.95. The first-order valence-corrected chi connectivity index (χ1v) is 7.67. The van der Waals surface area contributed by atoms with Gasteiger partial charge in [0.2, 0.25) is 0 Å². The zero-order chi connectivity index (χ0) is 14.1. The van der Waals surface area contributed by atoms with Gasteiger partial charge in [0.05, 0.1) is 11.0 Å². The molecule has 4 rings (SSSR count). The summed E-state index contributed by atoms with van der Waals surface area (Å²) in [6, 6.07) is 19.0. The zero-order valence-corrected chi connectivity index (χ0v) is 12.0. The zero-order valence-electron chi connectivity index (χ0n) is 12.0. The van der Waals surface area contributed by atoms with E-state index in [1.54, 1.807) is 0 Å². The average Bonchev–Trinajstić information content (AvgIpc) is 2.96. The van der Waals surface area contributed by atoms with Crippen molar-refractivity contribution in [2.45, 2.75) is 18.8 Å². The Hall–Kier alpha value is -2.13. The van der Waals surface area contributed by atoms with Gasteiger partial charge >= 0.3 is 0 Å². The van der Waals surface area contributed by atoms with Gasteiger partial charge in [-0.25, -0.2) is 4.98 Å². The number of piperidine rings is 1. The van der Waals surface area contributed by atoms with E-state index in [4.69, 9.17) is 4.98 Å². The minimum Gasteiger partial charge on any atom is -0.317 e. The highest BCUT2D eigenvalue weighted by atomic mass is 15.1. The third kappa shape index (κ3) is 2.24. The Morgan fingerprint density at radius 2 is 1.62 bits per heavy atom. The summed E-state index contributed by atoms with van der Waals surface area (Å²) in [6.45, 7) is 2.17. The van der Waals surface area contributed by atoms with E-state index in [0.29, 0.717) is 5.92 Å². The lowest BCUT2D eigenvalue weighted by atomic mass is 9.97. The molecule has 3 nitrogen and oxygen atoms in total. The third-order valence-corrected chi connectivity index (χ3v) is 4.31. The van der Waals surface area contributed by atoms with Crippen molar-refractivity contribution in [3.8, 4) is 5.69 Å². The molecule has 21 heavy (non-hydrogen) atoms. The molecule has 0 unspecified atom stereocenters. The highest BCUT2D eigenvalue weighted by molar-refractivity contribution is 5.78. The Bertz CT molecular complexity index is 740. The number of nitrogens with zero attached hydrogens (tertiary/aromatic N) is 2. The predicted molar refractivity (Wildman–Crippen MR) is 85.9 cm³/mol. The van der Waals surface area contributed by atoms with Crippen molar-refractivity contribution in [2.24, 2.45) is 0 Å². The Kier molecular flexibility index (Phi) is 3.20. The van der Waals surface area contributed by atoms with Crippen LogP contribution in [0, 0.1) is 0 Å². The SMILES string of the molecule is c1ccc(-n2c(C3CCNCC3)nc3ccccc32)cc1. The van der Waals surface area contributed by atoms with E-state index in [2.05, 4.69) is 64.5 Å². The van der Waals surface area contributed by atoms with Crippen molar-refractivity contribution in [3.63, 3.8) is 0 Å². The molecule has 0 atom stereocenters. The number of para-hydroxylation sites is 3. The average molecular weight is 277 g/mol. The van der Waals surface area contributed by atoms with E-state index in [1.807, 2.05) is 0 Å². The Balaban J connectivity index is 1.92. The van der Waals surface area contributed by atoms with Crippen LogP contribution in [0.4, 0.5) is 0 Å². The van der Waals surface area contributed by atoms with E-state index >= 15 is 0 Å². The normalized spacial score (nSPS) is 16.4. The van der Waals surface area contributed by atoms with Gasteiger partial charge in [0.15, 0.2) is 0 Å². The first-order valence-electron chi connectivity index (χ1n) is 7.67. The summed E-state index contributed by atoms with van der Waals surface area (Å²) in [5.41, 5.74) is 3.51. The highest BCUT2D eigenvalue weighted by Gasteiger charge is 2.22. The van der Waals surface area contributed by atoms with Gasteiger partial charge in [0.25, 0.3) is 0 Å². The molecule has 3 heteroatoms. The van der Waals surface area contributed by atoms with Crippen molar-refractivity contribution in [1.82, 2.24) is 14.9 Å². The molecule has 1 saturated heterocycles. The van der Waals surface area contributed by atoms with Crippen molar-refractivity contribution >= 4 is 11.0 Å². The minimum atomic E-state index is 0.541. The lowest BCUT2D eigenvalue weighted by Gasteiger charge is -2.23. The van der Waals surface area contributed by atoms with Gasteiger partial charge in [-0.3, -0.25) is 4.57 Å². The topological polar surface area (TPSA) is 29.9 Å². The van der Waals surface area contributed by atoms with Gasteiger partial charge in [-0.15, -0.1) is 0 Å².